The molecule has 0 aliphatic carbocycles. The number of hydrogen-bond donors (Lipinski definition) is 2. The first-order valence-corrected chi connectivity index (χ1v) is 9.23. The van der Waals surface area contributed by atoms with Gasteiger partial charge in [-0.3, -0.25) is 4.99 Å². The number of rotatable bonds is 5. The summed E-state index contributed by atoms with van der Waals surface area (Å²) >= 11 is 2.06. The fraction of sp³-hybridized carbons (Fsp3) is 0.500. The molecule has 1 atom stereocenters. The van der Waals surface area contributed by atoms with Crippen molar-refractivity contribution in [2.24, 2.45) is 4.99 Å². The predicted molar refractivity (Wildman–Crippen MR) is 99.4 cm³/mol. The Morgan fingerprint density at radius 1 is 1.35 bits per heavy atom. The smallest absolute Gasteiger partial charge is 0.191 e. The number of fused-ring (bicyclic) bond motifs is 1. The van der Waals surface area contributed by atoms with Gasteiger partial charge in [0.1, 0.15) is 11.3 Å². The maximum absolute atomic E-state index is 5.84. The molecule has 1 aromatic carbocycles. The van der Waals surface area contributed by atoms with E-state index >= 15 is 0 Å². The first-order chi connectivity index (χ1) is 11.2. The van der Waals surface area contributed by atoms with E-state index in [1.165, 1.54) is 18.6 Å². The van der Waals surface area contributed by atoms with Crippen LogP contribution in [-0.4, -0.2) is 36.6 Å². The summed E-state index contributed by atoms with van der Waals surface area (Å²) < 4.78 is 6.18. The Morgan fingerprint density at radius 3 is 2.96 bits per heavy atom. The van der Waals surface area contributed by atoms with Crippen LogP contribution in [0.3, 0.4) is 0 Å². The monoisotopic (exact) mass is 331 g/mol. The van der Waals surface area contributed by atoms with Gasteiger partial charge in [0.25, 0.3) is 0 Å². The van der Waals surface area contributed by atoms with E-state index in [0.717, 1.165) is 42.2 Å². The fourth-order valence-electron chi connectivity index (χ4n) is 2.93. The number of para-hydroxylation sites is 1. The molecule has 1 aromatic heterocycles. The van der Waals surface area contributed by atoms with Crippen molar-refractivity contribution < 1.29 is 4.42 Å². The summed E-state index contributed by atoms with van der Waals surface area (Å²) in [6, 6.07) is 10.2. The third-order valence-electron chi connectivity index (χ3n) is 4.29. The molecule has 5 heteroatoms. The third-order valence-corrected chi connectivity index (χ3v) is 5.83. The lowest BCUT2D eigenvalue weighted by molar-refractivity contribution is 0.542. The molecule has 0 spiro atoms. The fourth-order valence-corrected chi connectivity index (χ4v) is 4.18. The van der Waals surface area contributed by atoms with Gasteiger partial charge < -0.3 is 15.1 Å². The normalized spacial score (nSPS) is 21.7. The molecule has 1 aliphatic heterocycles. The van der Waals surface area contributed by atoms with Crippen LogP contribution in [0.4, 0.5) is 0 Å². The zero-order chi connectivity index (χ0) is 16.1. The van der Waals surface area contributed by atoms with Crippen molar-refractivity contribution in [1.82, 2.24) is 10.6 Å². The van der Waals surface area contributed by atoms with Crippen LogP contribution in [0, 0.1) is 0 Å². The van der Waals surface area contributed by atoms with Gasteiger partial charge in [-0.05, 0) is 37.7 Å². The SMILES string of the molecule is CN=C(NCCc1cc2ccccc2o1)NCC1(C)CCCS1. The van der Waals surface area contributed by atoms with Crippen molar-refractivity contribution >= 4 is 28.7 Å². The number of nitrogens with zero attached hydrogens (tertiary/aromatic N) is 1. The van der Waals surface area contributed by atoms with Crippen molar-refractivity contribution in [3.05, 3.63) is 36.1 Å². The Bertz CT molecular complexity index is 641. The average molecular weight is 331 g/mol. The van der Waals surface area contributed by atoms with Gasteiger partial charge >= 0.3 is 0 Å². The maximum Gasteiger partial charge on any atom is 0.191 e. The van der Waals surface area contributed by atoms with E-state index in [4.69, 9.17) is 4.42 Å². The van der Waals surface area contributed by atoms with Crippen molar-refractivity contribution in [2.45, 2.75) is 30.9 Å². The van der Waals surface area contributed by atoms with Gasteiger partial charge in [-0.25, -0.2) is 0 Å². The zero-order valence-electron chi connectivity index (χ0n) is 13.9. The number of guanidine groups is 1. The number of benzene rings is 1. The highest BCUT2D eigenvalue weighted by molar-refractivity contribution is 8.00. The number of thioether (sulfide) groups is 1. The van der Waals surface area contributed by atoms with Crippen molar-refractivity contribution in [3.8, 4) is 0 Å². The topological polar surface area (TPSA) is 49.6 Å². The van der Waals surface area contributed by atoms with Gasteiger partial charge in [-0.2, -0.15) is 11.8 Å². The van der Waals surface area contributed by atoms with Crippen molar-refractivity contribution in [2.75, 3.05) is 25.9 Å². The Kier molecular flexibility index (Phi) is 5.16. The molecule has 2 heterocycles. The summed E-state index contributed by atoms with van der Waals surface area (Å²) in [7, 11) is 1.82. The van der Waals surface area contributed by atoms with Gasteiger partial charge in [0.05, 0.1) is 0 Å². The maximum atomic E-state index is 5.84. The quantitative estimate of drug-likeness (QED) is 0.651. The van der Waals surface area contributed by atoms with Crippen LogP contribution >= 0.6 is 11.8 Å². The van der Waals surface area contributed by atoms with Crippen LogP contribution in [0.5, 0.6) is 0 Å². The number of hydrogen-bond acceptors (Lipinski definition) is 3. The molecule has 2 N–H and O–H groups in total. The van der Waals surface area contributed by atoms with Crippen LogP contribution in [-0.2, 0) is 6.42 Å². The Morgan fingerprint density at radius 2 is 2.22 bits per heavy atom. The lowest BCUT2D eigenvalue weighted by Gasteiger charge is -2.24. The first-order valence-electron chi connectivity index (χ1n) is 8.24. The second kappa shape index (κ2) is 7.30. The lowest BCUT2D eigenvalue weighted by Crippen LogP contribution is -2.44. The molecule has 0 bridgehead atoms. The molecule has 0 saturated carbocycles. The third kappa shape index (κ3) is 4.22. The Balaban J connectivity index is 1.46. The standard InChI is InChI=1S/C18H25N3OS/c1-18(9-5-11-23-18)13-21-17(19-2)20-10-8-15-12-14-6-3-4-7-16(14)22-15/h3-4,6-7,12H,5,8-11,13H2,1-2H3,(H2,19,20,21). The summed E-state index contributed by atoms with van der Waals surface area (Å²) in [6.07, 6.45) is 3.45. The molecule has 0 amide bonds. The highest BCUT2D eigenvalue weighted by Crippen LogP contribution is 2.36. The van der Waals surface area contributed by atoms with Crippen molar-refractivity contribution in [1.29, 1.82) is 0 Å². The second-order valence-electron chi connectivity index (χ2n) is 6.26. The molecule has 1 unspecified atom stereocenters. The lowest BCUT2D eigenvalue weighted by atomic mass is 10.1. The summed E-state index contributed by atoms with van der Waals surface area (Å²) in [6.45, 7) is 4.10. The van der Waals surface area contributed by atoms with E-state index in [1.807, 2.05) is 25.2 Å². The minimum absolute atomic E-state index is 0.344. The molecule has 0 radical (unpaired) electrons. The molecule has 1 fully saturated rings. The van der Waals surface area contributed by atoms with Gasteiger partial charge in [0, 0.05) is 36.7 Å². The van der Waals surface area contributed by atoms with E-state index in [1.54, 1.807) is 0 Å². The molecule has 4 nitrogen and oxygen atoms in total. The predicted octanol–water partition coefficient (Wildman–Crippen LogP) is 3.43. The Labute approximate surface area is 142 Å². The van der Waals surface area contributed by atoms with Gasteiger partial charge in [-0.15, -0.1) is 0 Å². The van der Waals surface area contributed by atoms with E-state index in [9.17, 15) is 0 Å². The van der Waals surface area contributed by atoms with E-state index < -0.39 is 0 Å². The molecule has 3 rings (SSSR count). The number of nitrogens with one attached hydrogen (secondary N) is 2. The first kappa shape index (κ1) is 16.2. The van der Waals surface area contributed by atoms with Crippen molar-refractivity contribution in [3.63, 3.8) is 0 Å². The molecule has 1 aliphatic rings. The highest BCUT2D eigenvalue weighted by atomic mass is 32.2. The minimum atomic E-state index is 0.344. The van der Waals surface area contributed by atoms with Crippen LogP contribution in [0.25, 0.3) is 11.0 Å². The van der Waals surface area contributed by atoms with Crippen LogP contribution in [0.2, 0.25) is 0 Å². The molecular weight excluding hydrogens is 306 g/mol. The van der Waals surface area contributed by atoms with E-state index in [0.29, 0.717) is 4.75 Å². The second-order valence-corrected chi connectivity index (χ2v) is 7.94. The molecule has 124 valence electrons. The largest absolute Gasteiger partial charge is 0.461 e. The van der Waals surface area contributed by atoms with Gasteiger partial charge in [0.2, 0.25) is 0 Å². The van der Waals surface area contributed by atoms with Gasteiger partial charge in [0.15, 0.2) is 5.96 Å². The summed E-state index contributed by atoms with van der Waals surface area (Å²) in [5.41, 5.74) is 0.955. The van der Waals surface area contributed by atoms with E-state index in [-0.39, 0.29) is 0 Å². The van der Waals surface area contributed by atoms with Crippen LogP contribution < -0.4 is 10.6 Å². The summed E-state index contributed by atoms with van der Waals surface area (Å²) in [5, 5.41) is 7.99. The van der Waals surface area contributed by atoms with Crippen LogP contribution in [0.1, 0.15) is 25.5 Å². The minimum Gasteiger partial charge on any atom is -0.461 e. The molecule has 23 heavy (non-hydrogen) atoms. The number of aliphatic imine (C=N–C) groups is 1. The average Bonchev–Trinajstić information content (AvgIpc) is 3.17. The Hall–Kier alpha value is -1.62. The summed E-state index contributed by atoms with van der Waals surface area (Å²) in [4.78, 5) is 4.31. The molecular formula is C18H25N3OS. The molecule has 1 saturated heterocycles. The molecule has 2 aromatic rings. The number of furan rings is 1. The highest BCUT2D eigenvalue weighted by Gasteiger charge is 2.29. The zero-order valence-corrected chi connectivity index (χ0v) is 14.7. The van der Waals surface area contributed by atoms with E-state index in [2.05, 4.69) is 46.4 Å². The van der Waals surface area contributed by atoms with Crippen LogP contribution in [0.15, 0.2) is 39.7 Å². The summed E-state index contributed by atoms with van der Waals surface area (Å²) in [5.74, 6) is 3.15. The van der Waals surface area contributed by atoms with Gasteiger partial charge in [-0.1, -0.05) is 18.2 Å².